The van der Waals surface area contributed by atoms with E-state index < -0.39 is 0 Å². The van der Waals surface area contributed by atoms with E-state index in [1.165, 1.54) is 5.56 Å². The van der Waals surface area contributed by atoms with Crippen molar-refractivity contribution >= 4 is 5.95 Å². The number of hydrogen-bond donors (Lipinski definition) is 1. The number of methoxy groups -OCH3 is 1. The van der Waals surface area contributed by atoms with Gasteiger partial charge in [-0.05, 0) is 43.2 Å². The van der Waals surface area contributed by atoms with Gasteiger partial charge in [-0.2, -0.15) is 0 Å². The smallest absolute Gasteiger partial charge is 0.222 e. The highest BCUT2D eigenvalue weighted by Gasteiger charge is 2.09. The lowest BCUT2D eigenvalue weighted by Gasteiger charge is -2.12. The van der Waals surface area contributed by atoms with E-state index in [9.17, 15) is 0 Å². The summed E-state index contributed by atoms with van der Waals surface area (Å²) in [5.41, 5.74) is 4.33. The van der Waals surface area contributed by atoms with Gasteiger partial charge in [0, 0.05) is 18.8 Å². The van der Waals surface area contributed by atoms with Crippen molar-refractivity contribution in [2.45, 2.75) is 13.8 Å². The number of hydrogen-bond acceptors (Lipinski definition) is 4. The SMILES string of the molecule is CNc1nccc(-c2ccc(OC)c(C)c2C)n1. The van der Waals surface area contributed by atoms with Gasteiger partial charge in [0.1, 0.15) is 5.75 Å². The summed E-state index contributed by atoms with van der Waals surface area (Å²) in [6.45, 7) is 4.13. The van der Waals surface area contributed by atoms with Crippen LogP contribution in [0.2, 0.25) is 0 Å². The molecule has 4 nitrogen and oxygen atoms in total. The highest BCUT2D eigenvalue weighted by molar-refractivity contribution is 5.67. The maximum Gasteiger partial charge on any atom is 0.222 e. The van der Waals surface area contributed by atoms with Gasteiger partial charge in [0.25, 0.3) is 0 Å². The van der Waals surface area contributed by atoms with E-state index in [0.717, 1.165) is 22.6 Å². The number of benzene rings is 1. The largest absolute Gasteiger partial charge is 0.496 e. The third-order valence-electron chi connectivity index (χ3n) is 3.11. The van der Waals surface area contributed by atoms with Crippen molar-refractivity contribution in [2.75, 3.05) is 19.5 Å². The van der Waals surface area contributed by atoms with Crippen molar-refractivity contribution in [3.05, 3.63) is 35.5 Å². The van der Waals surface area contributed by atoms with Crippen LogP contribution in [0, 0.1) is 13.8 Å². The first kappa shape index (κ1) is 12.4. The Morgan fingerprint density at radius 1 is 1.11 bits per heavy atom. The minimum atomic E-state index is 0.625. The molecule has 1 aromatic carbocycles. The van der Waals surface area contributed by atoms with Crippen molar-refractivity contribution < 1.29 is 4.74 Å². The van der Waals surface area contributed by atoms with Crippen molar-refractivity contribution in [1.82, 2.24) is 9.97 Å². The summed E-state index contributed by atoms with van der Waals surface area (Å²) < 4.78 is 5.32. The number of anilines is 1. The van der Waals surface area contributed by atoms with E-state index in [-0.39, 0.29) is 0 Å². The van der Waals surface area contributed by atoms with Crippen LogP contribution in [-0.2, 0) is 0 Å². The van der Waals surface area contributed by atoms with Crippen molar-refractivity contribution in [2.24, 2.45) is 0 Å². The molecule has 18 heavy (non-hydrogen) atoms. The number of nitrogens with zero attached hydrogens (tertiary/aromatic N) is 2. The lowest BCUT2D eigenvalue weighted by Crippen LogP contribution is -1.98. The van der Waals surface area contributed by atoms with Gasteiger partial charge in [0.05, 0.1) is 12.8 Å². The van der Waals surface area contributed by atoms with E-state index in [1.807, 2.05) is 25.2 Å². The van der Waals surface area contributed by atoms with Crippen LogP contribution < -0.4 is 10.1 Å². The fourth-order valence-corrected chi connectivity index (χ4v) is 1.92. The minimum absolute atomic E-state index is 0.625. The quantitative estimate of drug-likeness (QED) is 0.900. The second kappa shape index (κ2) is 5.04. The Labute approximate surface area is 107 Å². The van der Waals surface area contributed by atoms with Gasteiger partial charge in [0.2, 0.25) is 5.95 Å². The molecule has 2 rings (SSSR count). The predicted molar refractivity (Wildman–Crippen MR) is 73.0 cm³/mol. The highest BCUT2D eigenvalue weighted by Crippen LogP contribution is 2.30. The van der Waals surface area contributed by atoms with Gasteiger partial charge in [-0.3, -0.25) is 0 Å². The lowest BCUT2D eigenvalue weighted by molar-refractivity contribution is 0.411. The Kier molecular flexibility index (Phi) is 3.46. The summed E-state index contributed by atoms with van der Waals surface area (Å²) in [6, 6.07) is 5.91. The molecular weight excluding hydrogens is 226 g/mol. The Hall–Kier alpha value is -2.10. The van der Waals surface area contributed by atoms with Crippen LogP contribution in [0.4, 0.5) is 5.95 Å². The van der Waals surface area contributed by atoms with Crippen molar-refractivity contribution in [3.8, 4) is 17.0 Å². The van der Waals surface area contributed by atoms with E-state index in [0.29, 0.717) is 5.95 Å². The maximum absolute atomic E-state index is 5.32. The molecule has 0 saturated heterocycles. The van der Waals surface area contributed by atoms with Gasteiger partial charge >= 0.3 is 0 Å². The Bertz CT molecular complexity index is 567. The minimum Gasteiger partial charge on any atom is -0.496 e. The van der Waals surface area contributed by atoms with E-state index in [1.54, 1.807) is 13.3 Å². The summed E-state index contributed by atoms with van der Waals surface area (Å²) in [4.78, 5) is 8.58. The molecule has 0 aliphatic carbocycles. The summed E-state index contributed by atoms with van der Waals surface area (Å²) in [6.07, 6.45) is 1.76. The van der Waals surface area contributed by atoms with Crippen LogP contribution in [0.3, 0.4) is 0 Å². The molecule has 0 unspecified atom stereocenters. The van der Waals surface area contributed by atoms with Crippen molar-refractivity contribution in [1.29, 1.82) is 0 Å². The van der Waals surface area contributed by atoms with Gasteiger partial charge < -0.3 is 10.1 Å². The first-order chi connectivity index (χ1) is 8.67. The topological polar surface area (TPSA) is 47.0 Å². The van der Waals surface area contributed by atoms with Crippen molar-refractivity contribution in [3.63, 3.8) is 0 Å². The molecule has 0 aliphatic rings. The molecule has 0 amide bonds. The normalized spacial score (nSPS) is 10.2. The Balaban J connectivity index is 2.54. The standard InChI is InChI=1S/C14H17N3O/c1-9-10(2)13(18-4)6-5-11(9)12-7-8-16-14(15-3)17-12/h5-8H,1-4H3,(H,15,16,17). The van der Waals surface area contributed by atoms with Crippen LogP contribution in [0.1, 0.15) is 11.1 Å². The molecule has 0 fully saturated rings. The van der Waals surface area contributed by atoms with Gasteiger partial charge in [-0.25, -0.2) is 9.97 Å². The Morgan fingerprint density at radius 3 is 2.56 bits per heavy atom. The second-order valence-electron chi connectivity index (χ2n) is 4.08. The zero-order valence-electron chi connectivity index (χ0n) is 11.1. The van der Waals surface area contributed by atoms with Gasteiger partial charge in [0.15, 0.2) is 0 Å². The molecule has 0 radical (unpaired) electrons. The Morgan fingerprint density at radius 2 is 1.89 bits per heavy atom. The summed E-state index contributed by atoms with van der Waals surface area (Å²) in [5.74, 6) is 1.53. The summed E-state index contributed by atoms with van der Waals surface area (Å²) in [7, 11) is 3.50. The van der Waals surface area contributed by atoms with Crippen LogP contribution in [-0.4, -0.2) is 24.1 Å². The fraction of sp³-hybridized carbons (Fsp3) is 0.286. The number of rotatable bonds is 3. The zero-order valence-corrected chi connectivity index (χ0v) is 11.1. The summed E-state index contributed by atoms with van der Waals surface area (Å²) in [5, 5.41) is 2.95. The third-order valence-corrected chi connectivity index (χ3v) is 3.11. The van der Waals surface area contributed by atoms with E-state index >= 15 is 0 Å². The molecule has 0 saturated carbocycles. The zero-order chi connectivity index (χ0) is 13.1. The molecule has 0 bridgehead atoms. The molecule has 0 aliphatic heterocycles. The van der Waals surface area contributed by atoms with Gasteiger partial charge in [-0.15, -0.1) is 0 Å². The molecular formula is C14H17N3O. The highest BCUT2D eigenvalue weighted by atomic mass is 16.5. The van der Waals surface area contributed by atoms with Crippen LogP contribution in [0.15, 0.2) is 24.4 Å². The first-order valence-corrected chi connectivity index (χ1v) is 5.82. The van der Waals surface area contributed by atoms with Crippen LogP contribution in [0.5, 0.6) is 5.75 Å². The number of ether oxygens (including phenoxy) is 1. The van der Waals surface area contributed by atoms with E-state index in [2.05, 4.69) is 29.1 Å². The fourth-order valence-electron chi connectivity index (χ4n) is 1.92. The number of aromatic nitrogens is 2. The van der Waals surface area contributed by atoms with Gasteiger partial charge in [-0.1, -0.05) is 0 Å². The molecule has 1 aromatic heterocycles. The molecule has 2 aromatic rings. The number of nitrogens with one attached hydrogen (secondary N) is 1. The van der Waals surface area contributed by atoms with Crippen LogP contribution in [0.25, 0.3) is 11.3 Å². The second-order valence-corrected chi connectivity index (χ2v) is 4.08. The lowest BCUT2D eigenvalue weighted by atomic mass is 10.00. The maximum atomic E-state index is 5.32. The molecule has 4 heteroatoms. The average Bonchev–Trinajstić information content (AvgIpc) is 2.42. The monoisotopic (exact) mass is 243 g/mol. The molecule has 1 N–H and O–H groups in total. The molecule has 94 valence electrons. The first-order valence-electron chi connectivity index (χ1n) is 5.82. The average molecular weight is 243 g/mol. The summed E-state index contributed by atoms with van der Waals surface area (Å²) >= 11 is 0. The molecule has 0 spiro atoms. The molecule has 1 heterocycles. The third kappa shape index (κ3) is 2.14. The van der Waals surface area contributed by atoms with Crippen LogP contribution >= 0.6 is 0 Å². The predicted octanol–water partition coefficient (Wildman–Crippen LogP) is 2.81. The molecule has 0 atom stereocenters. The van der Waals surface area contributed by atoms with E-state index in [4.69, 9.17) is 4.74 Å².